The number of nitrogens with zero attached hydrogens (tertiary/aromatic N) is 3. The first-order valence-electron chi connectivity index (χ1n) is 7.82. The van der Waals surface area contributed by atoms with Gasteiger partial charge in [0.1, 0.15) is 17.1 Å². The van der Waals surface area contributed by atoms with Gasteiger partial charge in [0.05, 0.1) is 12.3 Å². The van der Waals surface area contributed by atoms with E-state index in [0.29, 0.717) is 17.7 Å². The van der Waals surface area contributed by atoms with Crippen molar-refractivity contribution >= 4 is 12.0 Å². The number of phenols is 1. The number of carbonyl (C=O) groups is 1. The fraction of sp³-hybridized carbons (Fsp3) is 0.278. The van der Waals surface area contributed by atoms with Crippen molar-refractivity contribution in [3.63, 3.8) is 0 Å². The largest absolute Gasteiger partial charge is 0.506 e. The Bertz CT molecular complexity index is 821. The molecule has 1 heterocycles. The maximum atomic E-state index is 11.4. The first kappa shape index (κ1) is 16.0. The zero-order valence-electron chi connectivity index (χ0n) is 13.5. The van der Waals surface area contributed by atoms with E-state index in [2.05, 4.69) is 22.9 Å². The van der Waals surface area contributed by atoms with E-state index >= 15 is 0 Å². The summed E-state index contributed by atoms with van der Waals surface area (Å²) in [4.78, 5) is 12.9. The maximum Gasteiger partial charge on any atom is 0.333 e. The summed E-state index contributed by atoms with van der Waals surface area (Å²) < 4.78 is 5.10. The number of aryl methyl sites for hydroxylation is 1. The van der Waals surface area contributed by atoms with Crippen LogP contribution >= 0.6 is 0 Å². The Labute approximate surface area is 140 Å². The highest BCUT2D eigenvalue weighted by Crippen LogP contribution is 2.24. The lowest BCUT2D eigenvalue weighted by molar-refractivity contribution is -0.138. The van der Waals surface area contributed by atoms with E-state index in [-0.39, 0.29) is 12.4 Å². The van der Waals surface area contributed by atoms with E-state index in [9.17, 15) is 9.90 Å². The van der Waals surface area contributed by atoms with Crippen LogP contribution in [0.25, 0.3) is 11.8 Å². The Kier molecular flexibility index (Phi) is 4.46. The number of benzene rings is 1. The first-order chi connectivity index (χ1) is 11.5. The Balaban J connectivity index is 1.77. The Morgan fingerprint density at radius 1 is 1.42 bits per heavy atom. The molecule has 6 heteroatoms. The first-order valence-corrected chi connectivity index (χ1v) is 7.82. The normalized spacial score (nSPS) is 12.7. The molecule has 1 aromatic heterocycles. The lowest BCUT2D eigenvalue weighted by Gasteiger charge is -2.08. The minimum Gasteiger partial charge on any atom is -0.506 e. The van der Waals surface area contributed by atoms with Crippen LogP contribution in [0.1, 0.15) is 30.3 Å². The second-order valence-corrected chi connectivity index (χ2v) is 5.75. The molecular weight excluding hydrogens is 306 g/mol. The number of hydrogen-bond acceptors (Lipinski definition) is 5. The van der Waals surface area contributed by atoms with Gasteiger partial charge in [0.15, 0.2) is 0 Å². The van der Waals surface area contributed by atoms with Crippen molar-refractivity contribution in [1.82, 2.24) is 15.0 Å². The zero-order valence-corrected chi connectivity index (χ0v) is 13.5. The molecule has 124 valence electrons. The molecular formula is C18H19N3O3. The van der Waals surface area contributed by atoms with E-state index in [1.54, 1.807) is 25.1 Å². The number of hydrogen-bond donors (Lipinski definition) is 1. The highest BCUT2D eigenvalue weighted by Gasteiger charge is 2.15. The van der Waals surface area contributed by atoms with E-state index < -0.39 is 5.97 Å². The maximum absolute atomic E-state index is 11.4. The number of aromatic hydroxyl groups is 1. The molecule has 0 saturated carbocycles. The van der Waals surface area contributed by atoms with Gasteiger partial charge in [-0.2, -0.15) is 5.10 Å². The van der Waals surface area contributed by atoms with Crippen molar-refractivity contribution in [2.45, 2.75) is 26.2 Å². The third-order valence-electron chi connectivity index (χ3n) is 3.76. The molecule has 2 aromatic rings. The summed E-state index contributed by atoms with van der Waals surface area (Å²) in [7, 11) is 0. The molecule has 1 aliphatic carbocycles. The predicted molar refractivity (Wildman–Crippen MR) is 89.9 cm³/mol. The summed E-state index contributed by atoms with van der Waals surface area (Å²) >= 11 is 0. The molecule has 0 bridgehead atoms. The van der Waals surface area contributed by atoms with Crippen LogP contribution in [0, 0.1) is 0 Å². The van der Waals surface area contributed by atoms with Crippen molar-refractivity contribution in [2.24, 2.45) is 0 Å². The minimum absolute atomic E-state index is 0.106. The molecule has 1 N–H and O–H groups in total. The number of esters is 1. The summed E-state index contributed by atoms with van der Waals surface area (Å²) in [6.07, 6.45) is 6.34. The van der Waals surface area contributed by atoms with Gasteiger partial charge < -0.3 is 9.84 Å². The van der Waals surface area contributed by atoms with Crippen LogP contribution in [-0.4, -0.2) is 32.7 Å². The number of rotatable bonds is 5. The van der Waals surface area contributed by atoms with Crippen LogP contribution < -0.4 is 0 Å². The quantitative estimate of drug-likeness (QED) is 0.675. The molecule has 24 heavy (non-hydrogen) atoms. The molecule has 0 saturated heterocycles. The third-order valence-corrected chi connectivity index (χ3v) is 3.76. The van der Waals surface area contributed by atoms with Crippen molar-refractivity contribution in [2.75, 3.05) is 6.61 Å². The molecule has 0 spiro atoms. The minimum atomic E-state index is -0.401. The van der Waals surface area contributed by atoms with E-state index in [4.69, 9.17) is 4.74 Å². The van der Waals surface area contributed by atoms with Crippen molar-refractivity contribution in [3.8, 4) is 11.4 Å². The number of allylic oxidation sites excluding steroid dienone is 1. The van der Waals surface area contributed by atoms with E-state index in [0.717, 1.165) is 29.8 Å². The van der Waals surface area contributed by atoms with E-state index in [1.165, 1.54) is 4.80 Å². The Hall–Kier alpha value is -2.89. The number of ether oxygens (including phenoxy) is 1. The molecule has 1 aromatic carbocycles. The van der Waals surface area contributed by atoms with Gasteiger partial charge in [0.2, 0.25) is 0 Å². The fourth-order valence-corrected chi connectivity index (χ4v) is 2.45. The number of fused-ring (bicyclic) bond motifs is 1. The van der Waals surface area contributed by atoms with Gasteiger partial charge in [-0.25, -0.2) is 4.79 Å². The smallest absolute Gasteiger partial charge is 0.333 e. The molecule has 6 nitrogen and oxygen atoms in total. The van der Waals surface area contributed by atoms with Gasteiger partial charge in [-0.05, 0) is 43.5 Å². The van der Waals surface area contributed by atoms with Gasteiger partial charge in [-0.1, -0.05) is 18.7 Å². The second kappa shape index (κ2) is 6.70. The van der Waals surface area contributed by atoms with Crippen LogP contribution in [-0.2, 0) is 22.4 Å². The monoisotopic (exact) mass is 325 g/mol. The molecule has 0 aliphatic heterocycles. The van der Waals surface area contributed by atoms with Crippen molar-refractivity contribution in [3.05, 3.63) is 53.4 Å². The molecule has 0 amide bonds. The average molecular weight is 325 g/mol. The van der Waals surface area contributed by atoms with Gasteiger partial charge in [-0.3, -0.25) is 0 Å². The molecule has 0 atom stereocenters. The van der Waals surface area contributed by atoms with E-state index in [1.807, 2.05) is 6.08 Å². The number of aromatic nitrogens is 3. The molecule has 0 unspecified atom stereocenters. The molecule has 3 rings (SSSR count). The fourth-order valence-electron chi connectivity index (χ4n) is 2.45. The van der Waals surface area contributed by atoms with Gasteiger partial charge in [0, 0.05) is 12.0 Å². The summed E-state index contributed by atoms with van der Waals surface area (Å²) in [6, 6.07) is 5.19. The van der Waals surface area contributed by atoms with Crippen LogP contribution in [0.15, 0.2) is 36.4 Å². The van der Waals surface area contributed by atoms with Crippen LogP contribution in [0.3, 0.4) is 0 Å². The van der Waals surface area contributed by atoms with Gasteiger partial charge >= 0.3 is 5.97 Å². The standard InChI is InChI=1S/C18H19N3O3/c1-12(2)18(23)24-10-9-13-7-8-17(22)16(11-13)21-19-14-5-3-4-6-15(14)20-21/h3,5,7-8,11,22H,1,4,6,9-10H2,2H3. The second-order valence-electron chi connectivity index (χ2n) is 5.75. The SMILES string of the molecule is C=C(C)C(=O)OCCc1ccc(O)c(-n2nc3c(n2)CCC=C3)c1. The summed E-state index contributed by atoms with van der Waals surface area (Å²) in [6.45, 7) is 5.41. The lowest BCUT2D eigenvalue weighted by atomic mass is 10.1. The molecule has 0 radical (unpaired) electrons. The van der Waals surface area contributed by atoms with Crippen molar-refractivity contribution < 1.29 is 14.6 Å². The van der Waals surface area contributed by atoms with Crippen LogP contribution in [0.4, 0.5) is 0 Å². The zero-order chi connectivity index (χ0) is 17.1. The van der Waals surface area contributed by atoms with Crippen molar-refractivity contribution in [1.29, 1.82) is 0 Å². The molecule has 0 fully saturated rings. The number of carbonyl (C=O) groups excluding carboxylic acids is 1. The Morgan fingerprint density at radius 2 is 2.25 bits per heavy atom. The number of phenolic OH excluding ortho intramolecular Hbond substituents is 1. The summed E-state index contributed by atoms with van der Waals surface area (Å²) in [5, 5.41) is 19.0. The third kappa shape index (κ3) is 3.37. The summed E-state index contributed by atoms with van der Waals surface area (Å²) in [5.74, 6) is -0.295. The highest BCUT2D eigenvalue weighted by molar-refractivity contribution is 5.86. The topological polar surface area (TPSA) is 77.2 Å². The summed E-state index contributed by atoms with van der Waals surface area (Å²) in [5.41, 5.74) is 3.57. The molecule has 1 aliphatic rings. The lowest BCUT2D eigenvalue weighted by Crippen LogP contribution is -2.08. The Morgan fingerprint density at radius 3 is 3.00 bits per heavy atom. The van der Waals surface area contributed by atoms with Gasteiger partial charge in [0.25, 0.3) is 0 Å². The van der Waals surface area contributed by atoms with Crippen LogP contribution in [0.5, 0.6) is 5.75 Å². The van der Waals surface area contributed by atoms with Crippen LogP contribution in [0.2, 0.25) is 0 Å². The average Bonchev–Trinajstić information content (AvgIpc) is 3.00. The predicted octanol–water partition coefficient (Wildman–Crippen LogP) is 2.59. The highest BCUT2D eigenvalue weighted by atomic mass is 16.5. The van der Waals surface area contributed by atoms with Gasteiger partial charge in [-0.15, -0.1) is 9.90 Å².